The Balaban J connectivity index is 3.73. The molecule has 0 spiro atoms. The topological polar surface area (TPSA) is 66.8 Å². The molecule has 1 atom stereocenters. The van der Waals surface area contributed by atoms with Crippen molar-refractivity contribution in [1.82, 2.24) is 4.90 Å². The zero-order valence-corrected chi connectivity index (χ0v) is 8.90. The molecule has 0 fully saturated rings. The van der Waals surface area contributed by atoms with E-state index in [1.54, 1.807) is 19.0 Å². The van der Waals surface area contributed by atoms with Crippen molar-refractivity contribution in [2.45, 2.75) is 18.9 Å². The number of hydrogen-bond acceptors (Lipinski definition) is 4. The summed E-state index contributed by atoms with van der Waals surface area (Å²) >= 11 is 0. The molecule has 0 radical (unpaired) electrons. The van der Waals surface area contributed by atoms with Crippen LogP contribution in [0.25, 0.3) is 0 Å². The standard InChI is InChI=1S/C9H16FNO4/c1-11(2)7(5-10)6-15-9(14)4-3-8(12)13/h7H,3-6H2,1-2H3,(H,12,13)/t7-/m1/s1. The third kappa shape index (κ3) is 6.84. The molecule has 0 heterocycles. The predicted octanol–water partition coefficient (Wildman–Crippen LogP) is 0.294. The minimum absolute atomic E-state index is 0.0536. The lowest BCUT2D eigenvalue weighted by molar-refractivity contribution is -0.149. The number of hydrogen-bond donors (Lipinski definition) is 1. The Morgan fingerprint density at radius 2 is 2.00 bits per heavy atom. The fourth-order valence-electron chi connectivity index (χ4n) is 0.802. The van der Waals surface area contributed by atoms with Crippen LogP contribution in [0.5, 0.6) is 0 Å². The third-order valence-electron chi connectivity index (χ3n) is 1.89. The second kappa shape index (κ2) is 7.17. The van der Waals surface area contributed by atoms with Gasteiger partial charge >= 0.3 is 11.9 Å². The lowest BCUT2D eigenvalue weighted by Crippen LogP contribution is -2.35. The number of esters is 1. The Morgan fingerprint density at radius 1 is 1.40 bits per heavy atom. The number of carbonyl (C=O) groups is 2. The molecule has 15 heavy (non-hydrogen) atoms. The molecule has 88 valence electrons. The van der Waals surface area contributed by atoms with Crippen molar-refractivity contribution in [3.8, 4) is 0 Å². The average Bonchev–Trinajstić information content (AvgIpc) is 2.15. The number of carboxylic acid groups (broad SMARTS) is 1. The highest BCUT2D eigenvalue weighted by Crippen LogP contribution is 1.99. The number of carbonyl (C=O) groups excluding carboxylic acids is 1. The van der Waals surface area contributed by atoms with Crippen LogP contribution in [0.15, 0.2) is 0 Å². The molecule has 0 aromatic heterocycles. The molecule has 0 bridgehead atoms. The summed E-state index contributed by atoms with van der Waals surface area (Å²) in [4.78, 5) is 22.7. The van der Waals surface area contributed by atoms with E-state index in [0.29, 0.717) is 0 Å². The smallest absolute Gasteiger partial charge is 0.306 e. The van der Waals surface area contributed by atoms with Gasteiger partial charge in [0.05, 0.1) is 18.9 Å². The summed E-state index contributed by atoms with van der Waals surface area (Å²) in [6, 6.07) is -0.473. The van der Waals surface area contributed by atoms with E-state index in [1.807, 2.05) is 0 Å². The summed E-state index contributed by atoms with van der Waals surface area (Å²) in [6.45, 7) is -0.666. The van der Waals surface area contributed by atoms with Crippen LogP contribution in [0.4, 0.5) is 4.39 Å². The first kappa shape index (κ1) is 13.8. The van der Waals surface area contributed by atoms with E-state index in [-0.39, 0.29) is 19.4 Å². The molecule has 0 unspecified atom stereocenters. The van der Waals surface area contributed by atoms with Gasteiger partial charge in [-0.3, -0.25) is 9.59 Å². The average molecular weight is 221 g/mol. The Kier molecular flexibility index (Phi) is 6.61. The van der Waals surface area contributed by atoms with Crippen molar-refractivity contribution in [2.24, 2.45) is 0 Å². The van der Waals surface area contributed by atoms with Crippen LogP contribution in [0.1, 0.15) is 12.8 Å². The fraction of sp³-hybridized carbons (Fsp3) is 0.778. The number of halogens is 1. The van der Waals surface area contributed by atoms with Gasteiger partial charge in [0, 0.05) is 0 Å². The molecule has 0 aliphatic carbocycles. The first-order valence-corrected chi connectivity index (χ1v) is 4.57. The molecular weight excluding hydrogens is 205 g/mol. The van der Waals surface area contributed by atoms with Crippen molar-refractivity contribution in [3.05, 3.63) is 0 Å². The Hall–Kier alpha value is -1.17. The maximum absolute atomic E-state index is 12.3. The first-order chi connectivity index (χ1) is 6.97. The second-order valence-electron chi connectivity index (χ2n) is 3.35. The number of aliphatic carboxylic acids is 1. The highest BCUT2D eigenvalue weighted by molar-refractivity contribution is 5.76. The van der Waals surface area contributed by atoms with Crippen LogP contribution in [0.3, 0.4) is 0 Å². The van der Waals surface area contributed by atoms with E-state index in [1.165, 1.54) is 0 Å². The normalized spacial score (nSPS) is 12.5. The number of ether oxygens (including phenoxy) is 1. The summed E-state index contributed by atoms with van der Waals surface area (Å²) in [7, 11) is 3.35. The van der Waals surface area contributed by atoms with E-state index in [0.717, 1.165) is 0 Å². The Bertz CT molecular complexity index is 220. The van der Waals surface area contributed by atoms with Gasteiger partial charge in [-0.25, -0.2) is 4.39 Å². The number of nitrogens with zero attached hydrogens (tertiary/aromatic N) is 1. The molecule has 1 N–H and O–H groups in total. The summed E-state index contributed by atoms with van der Waals surface area (Å²) in [5.41, 5.74) is 0. The van der Waals surface area contributed by atoms with Gasteiger partial charge in [-0.15, -0.1) is 0 Å². The Morgan fingerprint density at radius 3 is 2.40 bits per heavy atom. The number of rotatable bonds is 7. The molecule has 0 rings (SSSR count). The fourth-order valence-corrected chi connectivity index (χ4v) is 0.802. The molecule has 0 aliphatic rings. The summed E-state index contributed by atoms with van der Waals surface area (Å²) in [6.07, 6.45) is -0.442. The largest absolute Gasteiger partial charge is 0.481 e. The maximum Gasteiger partial charge on any atom is 0.306 e. The van der Waals surface area contributed by atoms with Crippen molar-refractivity contribution >= 4 is 11.9 Å². The van der Waals surface area contributed by atoms with Gasteiger partial charge < -0.3 is 14.7 Å². The molecule has 5 nitrogen and oxygen atoms in total. The molecule has 6 heteroatoms. The van der Waals surface area contributed by atoms with Gasteiger partial charge in [0.25, 0.3) is 0 Å². The minimum atomic E-state index is -1.05. The van der Waals surface area contributed by atoms with Crippen LogP contribution < -0.4 is 0 Å². The van der Waals surface area contributed by atoms with Crippen molar-refractivity contribution < 1.29 is 23.8 Å². The molecule has 0 amide bonds. The molecule has 0 saturated carbocycles. The molecule has 0 aromatic carbocycles. The van der Waals surface area contributed by atoms with Gasteiger partial charge in [-0.2, -0.15) is 0 Å². The van der Waals surface area contributed by atoms with Crippen molar-refractivity contribution in [2.75, 3.05) is 27.4 Å². The van der Waals surface area contributed by atoms with Gasteiger partial charge in [-0.1, -0.05) is 0 Å². The zero-order valence-electron chi connectivity index (χ0n) is 8.90. The van der Waals surface area contributed by atoms with Crippen LogP contribution in [-0.4, -0.2) is 55.4 Å². The van der Waals surface area contributed by atoms with Crippen LogP contribution >= 0.6 is 0 Å². The lowest BCUT2D eigenvalue weighted by Gasteiger charge is -2.20. The molecular formula is C9H16FNO4. The first-order valence-electron chi connectivity index (χ1n) is 4.57. The van der Waals surface area contributed by atoms with Gasteiger partial charge in [0.1, 0.15) is 13.3 Å². The van der Waals surface area contributed by atoms with Gasteiger partial charge in [0.2, 0.25) is 0 Å². The maximum atomic E-state index is 12.3. The third-order valence-corrected chi connectivity index (χ3v) is 1.89. The minimum Gasteiger partial charge on any atom is -0.481 e. The van der Waals surface area contributed by atoms with E-state index in [9.17, 15) is 14.0 Å². The highest BCUT2D eigenvalue weighted by atomic mass is 19.1. The monoisotopic (exact) mass is 221 g/mol. The molecule has 0 aliphatic heterocycles. The number of carboxylic acids is 1. The quantitative estimate of drug-likeness (QED) is 0.626. The van der Waals surface area contributed by atoms with Gasteiger partial charge in [-0.05, 0) is 14.1 Å². The molecule has 0 saturated heterocycles. The second-order valence-corrected chi connectivity index (χ2v) is 3.35. The Labute approximate surface area is 87.8 Å². The summed E-state index contributed by atoms with van der Waals surface area (Å²) < 4.78 is 17.1. The van der Waals surface area contributed by atoms with E-state index in [4.69, 9.17) is 9.84 Å². The SMILES string of the molecule is CN(C)[C@H](CF)COC(=O)CCC(=O)O. The van der Waals surface area contributed by atoms with Crippen LogP contribution in [0.2, 0.25) is 0 Å². The zero-order chi connectivity index (χ0) is 11.8. The van der Waals surface area contributed by atoms with Gasteiger partial charge in [0.15, 0.2) is 0 Å². The number of alkyl halides is 1. The van der Waals surface area contributed by atoms with Crippen LogP contribution in [-0.2, 0) is 14.3 Å². The van der Waals surface area contributed by atoms with Crippen molar-refractivity contribution in [3.63, 3.8) is 0 Å². The van der Waals surface area contributed by atoms with E-state index in [2.05, 4.69) is 0 Å². The summed E-state index contributed by atoms with van der Waals surface area (Å²) in [5.74, 6) is -1.67. The summed E-state index contributed by atoms with van der Waals surface area (Å²) in [5, 5.41) is 8.30. The number of likely N-dealkylation sites (N-methyl/N-ethyl adjacent to an activating group) is 1. The predicted molar refractivity (Wildman–Crippen MR) is 51.3 cm³/mol. The highest BCUT2D eigenvalue weighted by Gasteiger charge is 2.14. The lowest BCUT2D eigenvalue weighted by atomic mass is 10.3. The van der Waals surface area contributed by atoms with E-state index < -0.39 is 24.7 Å². The van der Waals surface area contributed by atoms with E-state index >= 15 is 0 Å². The van der Waals surface area contributed by atoms with Crippen LogP contribution in [0, 0.1) is 0 Å². The van der Waals surface area contributed by atoms with Crippen molar-refractivity contribution in [1.29, 1.82) is 0 Å². The molecule has 0 aromatic rings.